The first-order valence-corrected chi connectivity index (χ1v) is 4.96. The molecule has 1 aromatic heterocycles. The predicted molar refractivity (Wildman–Crippen MR) is 59.1 cm³/mol. The number of ether oxygens (including phenoxy) is 1. The number of anilines is 2. The molecule has 0 bridgehead atoms. The minimum atomic E-state index is 0.172. The summed E-state index contributed by atoms with van der Waals surface area (Å²) in [5, 5.41) is 3.15. The van der Waals surface area contributed by atoms with Crippen LogP contribution in [0.25, 0.3) is 0 Å². The highest BCUT2D eigenvalue weighted by Gasteiger charge is 2.08. The maximum Gasteiger partial charge on any atom is 0.146 e. The van der Waals surface area contributed by atoms with Gasteiger partial charge in [-0.2, -0.15) is 0 Å². The minimum absolute atomic E-state index is 0.172. The maximum absolute atomic E-state index is 5.60. The second kappa shape index (κ2) is 5.11. The Morgan fingerprint density at radius 2 is 2.36 bits per heavy atom. The summed E-state index contributed by atoms with van der Waals surface area (Å²) in [6.07, 6.45) is 1.42. The molecule has 3 N–H and O–H groups in total. The summed E-state index contributed by atoms with van der Waals surface area (Å²) in [4.78, 5) is 7.90. The molecular weight excluding hydrogens is 248 g/mol. The average molecular weight is 261 g/mol. The van der Waals surface area contributed by atoms with Crippen molar-refractivity contribution in [3.05, 3.63) is 10.8 Å². The Hall–Kier alpha value is -0.880. The Morgan fingerprint density at radius 1 is 1.64 bits per heavy atom. The summed E-state index contributed by atoms with van der Waals surface area (Å²) in [6.45, 7) is 2.60. The van der Waals surface area contributed by atoms with Crippen molar-refractivity contribution < 1.29 is 4.74 Å². The molecular formula is C8H13BrN4O. The van der Waals surface area contributed by atoms with Gasteiger partial charge in [0.05, 0.1) is 6.61 Å². The smallest absolute Gasteiger partial charge is 0.146 e. The average Bonchev–Trinajstić information content (AvgIpc) is 2.13. The number of halogens is 1. The third-order valence-corrected chi connectivity index (χ3v) is 2.40. The van der Waals surface area contributed by atoms with Crippen molar-refractivity contribution >= 4 is 27.6 Å². The lowest BCUT2D eigenvalue weighted by Crippen LogP contribution is -2.22. The van der Waals surface area contributed by atoms with Crippen LogP contribution in [0.4, 0.5) is 11.6 Å². The zero-order chi connectivity index (χ0) is 10.6. The number of nitrogens with one attached hydrogen (secondary N) is 1. The molecule has 1 heterocycles. The quantitative estimate of drug-likeness (QED) is 0.853. The van der Waals surface area contributed by atoms with Gasteiger partial charge in [0.25, 0.3) is 0 Å². The van der Waals surface area contributed by atoms with Gasteiger partial charge in [0.1, 0.15) is 22.4 Å². The van der Waals surface area contributed by atoms with Crippen LogP contribution in [-0.2, 0) is 4.74 Å². The molecule has 0 amide bonds. The van der Waals surface area contributed by atoms with E-state index in [4.69, 9.17) is 10.5 Å². The molecule has 1 rings (SSSR count). The van der Waals surface area contributed by atoms with E-state index in [9.17, 15) is 0 Å². The summed E-state index contributed by atoms with van der Waals surface area (Å²) in [5.74, 6) is 1.11. The van der Waals surface area contributed by atoms with Crippen molar-refractivity contribution in [2.75, 3.05) is 24.8 Å². The highest BCUT2D eigenvalue weighted by molar-refractivity contribution is 9.10. The van der Waals surface area contributed by atoms with Gasteiger partial charge in [0, 0.05) is 13.2 Å². The number of methoxy groups -OCH3 is 1. The number of rotatable bonds is 4. The molecule has 1 unspecified atom stereocenters. The van der Waals surface area contributed by atoms with Crippen molar-refractivity contribution in [2.24, 2.45) is 0 Å². The van der Waals surface area contributed by atoms with E-state index in [2.05, 4.69) is 31.2 Å². The Bertz CT molecular complexity index is 307. The van der Waals surface area contributed by atoms with Crippen LogP contribution in [0.15, 0.2) is 10.8 Å². The van der Waals surface area contributed by atoms with Crippen molar-refractivity contribution in [3.8, 4) is 0 Å². The van der Waals surface area contributed by atoms with Gasteiger partial charge in [-0.3, -0.25) is 0 Å². The molecule has 0 aromatic carbocycles. The van der Waals surface area contributed by atoms with E-state index in [1.807, 2.05) is 6.92 Å². The molecule has 1 aromatic rings. The van der Waals surface area contributed by atoms with Crippen LogP contribution in [0.3, 0.4) is 0 Å². The number of nitrogens with two attached hydrogens (primary N) is 1. The molecule has 0 radical (unpaired) electrons. The van der Waals surface area contributed by atoms with Crippen LogP contribution in [-0.4, -0.2) is 29.7 Å². The van der Waals surface area contributed by atoms with Crippen LogP contribution >= 0.6 is 15.9 Å². The summed E-state index contributed by atoms with van der Waals surface area (Å²) in [7, 11) is 1.65. The summed E-state index contributed by atoms with van der Waals surface area (Å²) in [5.41, 5.74) is 5.60. The number of aromatic nitrogens is 2. The van der Waals surface area contributed by atoms with E-state index in [-0.39, 0.29) is 6.04 Å². The number of nitrogen functional groups attached to an aromatic ring is 1. The number of nitrogens with zero attached hydrogens (tertiary/aromatic N) is 2. The zero-order valence-corrected chi connectivity index (χ0v) is 9.71. The normalized spacial score (nSPS) is 12.5. The first-order valence-electron chi connectivity index (χ1n) is 4.16. The highest BCUT2D eigenvalue weighted by Crippen LogP contribution is 2.24. The molecule has 78 valence electrons. The standard InChI is InChI=1S/C8H13BrN4O/c1-5(3-14-2)13-8-6(9)7(10)11-4-12-8/h4-5H,3H2,1-2H3,(H3,10,11,12,13). The van der Waals surface area contributed by atoms with E-state index in [0.29, 0.717) is 22.7 Å². The number of hydrogen-bond acceptors (Lipinski definition) is 5. The predicted octanol–water partition coefficient (Wildman–Crippen LogP) is 1.27. The Kier molecular flexibility index (Phi) is 4.09. The SMILES string of the molecule is COCC(C)Nc1ncnc(N)c1Br. The van der Waals surface area contributed by atoms with Gasteiger partial charge in [-0.25, -0.2) is 9.97 Å². The molecule has 0 spiro atoms. The van der Waals surface area contributed by atoms with Gasteiger partial charge >= 0.3 is 0 Å². The fourth-order valence-electron chi connectivity index (χ4n) is 1.01. The third-order valence-electron chi connectivity index (χ3n) is 1.62. The van der Waals surface area contributed by atoms with E-state index in [0.717, 1.165) is 0 Å². The fraction of sp³-hybridized carbons (Fsp3) is 0.500. The van der Waals surface area contributed by atoms with Gasteiger partial charge < -0.3 is 15.8 Å². The largest absolute Gasteiger partial charge is 0.383 e. The van der Waals surface area contributed by atoms with Gasteiger partial charge in [-0.1, -0.05) is 0 Å². The highest BCUT2D eigenvalue weighted by atomic mass is 79.9. The van der Waals surface area contributed by atoms with Gasteiger partial charge in [-0.15, -0.1) is 0 Å². The second-order valence-electron chi connectivity index (χ2n) is 2.92. The fourth-order valence-corrected chi connectivity index (χ4v) is 1.33. The zero-order valence-electron chi connectivity index (χ0n) is 8.12. The summed E-state index contributed by atoms with van der Waals surface area (Å²) < 4.78 is 5.68. The molecule has 1 atom stereocenters. The molecule has 0 fully saturated rings. The van der Waals surface area contributed by atoms with Crippen LogP contribution in [0.5, 0.6) is 0 Å². The third kappa shape index (κ3) is 2.81. The van der Waals surface area contributed by atoms with Crippen molar-refractivity contribution in [3.63, 3.8) is 0 Å². The number of hydrogen-bond donors (Lipinski definition) is 2. The molecule has 6 heteroatoms. The van der Waals surface area contributed by atoms with Crippen molar-refractivity contribution in [1.82, 2.24) is 9.97 Å². The second-order valence-corrected chi connectivity index (χ2v) is 3.72. The molecule has 0 aliphatic carbocycles. The van der Waals surface area contributed by atoms with Gasteiger partial charge in [-0.05, 0) is 22.9 Å². The van der Waals surface area contributed by atoms with E-state index in [1.165, 1.54) is 6.33 Å². The van der Waals surface area contributed by atoms with Crippen LogP contribution < -0.4 is 11.1 Å². The Labute approximate surface area is 91.2 Å². The van der Waals surface area contributed by atoms with E-state index in [1.54, 1.807) is 7.11 Å². The van der Waals surface area contributed by atoms with Crippen molar-refractivity contribution in [1.29, 1.82) is 0 Å². The maximum atomic E-state index is 5.60. The lowest BCUT2D eigenvalue weighted by atomic mass is 10.3. The summed E-state index contributed by atoms with van der Waals surface area (Å²) in [6, 6.07) is 0.172. The van der Waals surface area contributed by atoms with E-state index >= 15 is 0 Å². The van der Waals surface area contributed by atoms with Crippen LogP contribution in [0.1, 0.15) is 6.92 Å². The monoisotopic (exact) mass is 260 g/mol. The lowest BCUT2D eigenvalue weighted by molar-refractivity contribution is 0.190. The molecule has 0 aliphatic rings. The van der Waals surface area contributed by atoms with Gasteiger partial charge in [0.2, 0.25) is 0 Å². The van der Waals surface area contributed by atoms with Crippen LogP contribution in [0, 0.1) is 0 Å². The van der Waals surface area contributed by atoms with Crippen molar-refractivity contribution in [2.45, 2.75) is 13.0 Å². The molecule has 14 heavy (non-hydrogen) atoms. The summed E-state index contributed by atoms with van der Waals surface area (Å²) >= 11 is 3.31. The lowest BCUT2D eigenvalue weighted by Gasteiger charge is -2.14. The topological polar surface area (TPSA) is 73.1 Å². The van der Waals surface area contributed by atoms with Gasteiger partial charge in [0.15, 0.2) is 0 Å². The molecule has 0 aliphatic heterocycles. The minimum Gasteiger partial charge on any atom is -0.383 e. The Morgan fingerprint density at radius 3 is 3.00 bits per heavy atom. The first kappa shape index (κ1) is 11.2. The molecule has 0 saturated carbocycles. The van der Waals surface area contributed by atoms with Crippen LogP contribution in [0.2, 0.25) is 0 Å². The Balaban J connectivity index is 2.71. The molecule has 0 saturated heterocycles. The first-order chi connectivity index (χ1) is 6.65. The molecule has 5 nitrogen and oxygen atoms in total. The van der Waals surface area contributed by atoms with E-state index < -0.39 is 0 Å².